The van der Waals surface area contributed by atoms with Crippen LogP contribution in [0, 0.1) is 0 Å². The van der Waals surface area contributed by atoms with E-state index >= 15 is 0 Å². The van der Waals surface area contributed by atoms with Crippen molar-refractivity contribution in [2.45, 2.75) is 36.2 Å². The summed E-state index contributed by atoms with van der Waals surface area (Å²) in [4.78, 5) is 8.84. The van der Waals surface area contributed by atoms with Crippen LogP contribution in [0.25, 0.3) is 0 Å². The van der Waals surface area contributed by atoms with Gasteiger partial charge in [0.15, 0.2) is 5.16 Å². The molecular formula is C15H17N3S. The van der Waals surface area contributed by atoms with Crippen LogP contribution in [0.4, 0.5) is 0 Å². The summed E-state index contributed by atoms with van der Waals surface area (Å²) in [5.74, 6) is 0. The van der Waals surface area contributed by atoms with Gasteiger partial charge in [0.25, 0.3) is 0 Å². The maximum Gasteiger partial charge on any atom is 0.168 e. The number of imidazole rings is 1. The molecule has 98 valence electrons. The Morgan fingerprint density at radius 3 is 3.05 bits per heavy atom. The van der Waals surface area contributed by atoms with Crippen molar-refractivity contribution in [2.75, 3.05) is 0 Å². The van der Waals surface area contributed by atoms with Gasteiger partial charge in [0.2, 0.25) is 0 Å². The number of allylic oxidation sites excluding steroid dienone is 1. The minimum Gasteiger partial charge on any atom is -0.320 e. The van der Waals surface area contributed by atoms with Crippen molar-refractivity contribution >= 4 is 11.8 Å². The third kappa shape index (κ3) is 3.26. The first-order chi connectivity index (χ1) is 9.42. The van der Waals surface area contributed by atoms with E-state index in [1.165, 1.54) is 19.3 Å². The van der Waals surface area contributed by atoms with E-state index in [0.717, 1.165) is 17.4 Å². The van der Waals surface area contributed by atoms with Crippen LogP contribution >= 0.6 is 11.8 Å². The first-order valence-corrected chi connectivity index (χ1v) is 7.54. The molecule has 3 nitrogen and oxygen atoms in total. The Kier molecular flexibility index (Phi) is 3.98. The summed E-state index contributed by atoms with van der Waals surface area (Å²) < 4.78 is 2.18. The molecule has 0 aliphatic heterocycles. The lowest BCUT2D eigenvalue weighted by atomic mass is 10.1. The molecule has 0 aromatic carbocycles. The molecular weight excluding hydrogens is 254 g/mol. The van der Waals surface area contributed by atoms with Crippen molar-refractivity contribution in [1.82, 2.24) is 14.5 Å². The number of rotatable bonds is 4. The largest absolute Gasteiger partial charge is 0.320 e. The predicted octanol–water partition coefficient (Wildman–Crippen LogP) is 3.53. The van der Waals surface area contributed by atoms with Gasteiger partial charge in [0.05, 0.1) is 12.2 Å². The van der Waals surface area contributed by atoms with Gasteiger partial charge >= 0.3 is 0 Å². The van der Waals surface area contributed by atoms with E-state index in [9.17, 15) is 0 Å². The lowest BCUT2D eigenvalue weighted by Crippen LogP contribution is -2.07. The first kappa shape index (κ1) is 12.5. The molecule has 0 saturated carbocycles. The molecule has 1 atom stereocenters. The van der Waals surface area contributed by atoms with Gasteiger partial charge in [-0.25, -0.2) is 4.98 Å². The quantitative estimate of drug-likeness (QED) is 0.797. The Labute approximate surface area is 117 Å². The third-order valence-electron chi connectivity index (χ3n) is 3.20. The van der Waals surface area contributed by atoms with E-state index < -0.39 is 0 Å². The monoisotopic (exact) mass is 271 g/mol. The molecule has 0 fully saturated rings. The van der Waals surface area contributed by atoms with E-state index in [1.54, 1.807) is 0 Å². The molecule has 0 spiro atoms. The Balaban J connectivity index is 1.71. The van der Waals surface area contributed by atoms with Crippen molar-refractivity contribution in [3.8, 4) is 0 Å². The molecule has 19 heavy (non-hydrogen) atoms. The molecule has 0 radical (unpaired) electrons. The van der Waals surface area contributed by atoms with Crippen LogP contribution in [-0.2, 0) is 6.54 Å². The Morgan fingerprint density at radius 2 is 2.26 bits per heavy atom. The summed E-state index contributed by atoms with van der Waals surface area (Å²) in [5.41, 5.74) is 1.07. The van der Waals surface area contributed by atoms with Crippen LogP contribution in [0.5, 0.6) is 0 Å². The fourth-order valence-electron chi connectivity index (χ4n) is 2.21. The third-order valence-corrected chi connectivity index (χ3v) is 4.45. The van der Waals surface area contributed by atoms with E-state index in [1.807, 2.05) is 42.5 Å². The van der Waals surface area contributed by atoms with Crippen molar-refractivity contribution in [2.24, 2.45) is 0 Å². The summed E-state index contributed by atoms with van der Waals surface area (Å²) in [6, 6.07) is 6.02. The van der Waals surface area contributed by atoms with Crippen LogP contribution < -0.4 is 0 Å². The molecule has 2 aromatic rings. The van der Waals surface area contributed by atoms with Gasteiger partial charge in [0.1, 0.15) is 0 Å². The fourth-order valence-corrected chi connectivity index (χ4v) is 3.34. The number of aromatic nitrogens is 3. The Morgan fingerprint density at radius 1 is 1.26 bits per heavy atom. The second-order valence-corrected chi connectivity index (χ2v) is 5.88. The smallest absolute Gasteiger partial charge is 0.168 e. The van der Waals surface area contributed by atoms with E-state index in [4.69, 9.17) is 0 Å². The lowest BCUT2D eigenvalue weighted by Gasteiger charge is -2.16. The van der Waals surface area contributed by atoms with Crippen molar-refractivity contribution in [3.63, 3.8) is 0 Å². The van der Waals surface area contributed by atoms with E-state index in [-0.39, 0.29) is 0 Å². The highest BCUT2D eigenvalue weighted by molar-refractivity contribution is 7.99. The van der Waals surface area contributed by atoms with E-state index in [0.29, 0.717) is 5.25 Å². The molecule has 0 amide bonds. The molecule has 0 unspecified atom stereocenters. The SMILES string of the molecule is C1=C[C@H](Sc2nccn2Cc2ccccn2)CCC1. The number of thioether (sulfide) groups is 1. The molecule has 1 aliphatic carbocycles. The molecule has 0 saturated heterocycles. The summed E-state index contributed by atoms with van der Waals surface area (Å²) in [5, 5.41) is 1.65. The zero-order valence-corrected chi connectivity index (χ0v) is 11.6. The minimum atomic E-state index is 0.568. The second kappa shape index (κ2) is 6.06. The molecule has 2 aromatic heterocycles. The van der Waals surface area contributed by atoms with Crippen LogP contribution in [0.2, 0.25) is 0 Å². The van der Waals surface area contributed by atoms with E-state index in [2.05, 4.69) is 32.8 Å². The summed E-state index contributed by atoms with van der Waals surface area (Å²) in [7, 11) is 0. The number of nitrogens with zero attached hydrogens (tertiary/aromatic N) is 3. The van der Waals surface area contributed by atoms with Crippen LogP contribution in [-0.4, -0.2) is 19.8 Å². The van der Waals surface area contributed by atoms with Gasteiger partial charge in [-0.05, 0) is 31.4 Å². The fraction of sp³-hybridized carbons (Fsp3) is 0.333. The van der Waals surface area contributed by atoms with Crippen molar-refractivity contribution in [1.29, 1.82) is 0 Å². The summed E-state index contributed by atoms with van der Waals surface area (Å²) in [6.07, 6.45) is 14.1. The van der Waals surface area contributed by atoms with Gasteiger partial charge in [0, 0.05) is 23.8 Å². The van der Waals surface area contributed by atoms with Crippen molar-refractivity contribution in [3.05, 3.63) is 54.6 Å². The van der Waals surface area contributed by atoms with Crippen LogP contribution in [0.3, 0.4) is 0 Å². The molecule has 0 N–H and O–H groups in total. The highest BCUT2D eigenvalue weighted by Crippen LogP contribution is 2.29. The number of hydrogen-bond acceptors (Lipinski definition) is 3. The van der Waals surface area contributed by atoms with Gasteiger partial charge < -0.3 is 4.57 Å². The van der Waals surface area contributed by atoms with Crippen LogP contribution in [0.15, 0.2) is 54.1 Å². The van der Waals surface area contributed by atoms with Gasteiger partial charge in [-0.2, -0.15) is 0 Å². The lowest BCUT2D eigenvalue weighted by molar-refractivity contribution is 0.686. The van der Waals surface area contributed by atoms with Crippen LogP contribution in [0.1, 0.15) is 25.0 Å². The summed E-state index contributed by atoms with van der Waals surface area (Å²) >= 11 is 1.85. The number of pyridine rings is 1. The highest BCUT2D eigenvalue weighted by Gasteiger charge is 2.13. The molecule has 1 aliphatic rings. The van der Waals surface area contributed by atoms with Gasteiger partial charge in [-0.15, -0.1) is 0 Å². The standard InChI is InChI=1S/C15H17N3S/c1-2-7-14(8-3-1)19-15-17-10-11-18(15)12-13-6-4-5-9-16-13/h2,4-7,9-11,14H,1,3,8,12H2/t14-/m0/s1. The minimum absolute atomic E-state index is 0.568. The van der Waals surface area contributed by atoms with Crippen molar-refractivity contribution < 1.29 is 0 Å². The maximum atomic E-state index is 4.47. The molecule has 4 heteroatoms. The average molecular weight is 271 g/mol. The second-order valence-electron chi connectivity index (χ2n) is 4.67. The average Bonchev–Trinajstić information content (AvgIpc) is 2.88. The molecule has 2 heterocycles. The zero-order chi connectivity index (χ0) is 12.9. The zero-order valence-electron chi connectivity index (χ0n) is 10.8. The van der Waals surface area contributed by atoms with Gasteiger partial charge in [-0.3, -0.25) is 4.98 Å². The number of hydrogen-bond donors (Lipinski definition) is 0. The maximum absolute atomic E-state index is 4.47. The topological polar surface area (TPSA) is 30.7 Å². The molecule has 3 rings (SSSR count). The highest BCUT2D eigenvalue weighted by atomic mass is 32.2. The molecule has 0 bridgehead atoms. The van der Waals surface area contributed by atoms with Gasteiger partial charge in [-0.1, -0.05) is 30.0 Å². The predicted molar refractivity (Wildman–Crippen MR) is 78.2 cm³/mol. The Bertz CT molecular complexity index is 548. The normalized spacial score (nSPS) is 18.6. The summed E-state index contributed by atoms with van der Waals surface area (Å²) in [6.45, 7) is 0.791. The first-order valence-electron chi connectivity index (χ1n) is 6.66. The Hall–Kier alpha value is -1.55.